The van der Waals surface area contributed by atoms with E-state index in [-0.39, 0.29) is 0 Å². The van der Waals surface area contributed by atoms with Gasteiger partial charge in [0.15, 0.2) is 5.65 Å². The van der Waals surface area contributed by atoms with Crippen molar-refractivity contribution in [1.29, 1.82) is 0 Å². The predicted octanol–water partition coefficient (Wildman–Crippen LogP) is 1.96. The molecule has 0 radical (unpaired) electrons. The van der Waals surface area contributed by atoms with Crippen molar-refractivity contribution in [1.82, 2.24) is 20.2 Å². The molecule has 0 unspecified atom stereocenters. The van der Waals surface area contributed by atoms with Gasteiger partial charge in [0, 0.05) is 6.54 Å². The van der Waals surface area contributed by atoms with Crippen molar-refractivity contribution < 1.29 is 4.74 Å². The number of fused-ring (bicyclic) bond motifs is 1. The van der Waals surface area contributed by atoms with E-state index in [1.54, 1.807) is 6.20 Å². The van der Waals surface area contributed by atoms with Crippen LogP contribution in [0.15, 0.2) is 6.20 Å². The van der Waals surface area contributed by atoms with Crippen LogP contribution < -0.4 is 10.1 Å². The Morgan fingerprint density at radius 2 is 2.33 bits per heavy atom. The summed E-state index contributed by atoms with van der Waals surface area (Å²) >= 11 is 0. The number of anilines is 1. The highest BCUT2D eigenvalue weighted by molar-refractivity contribution is 5.80. The molecule has 1 saturated carbocycles. The highest BCUT2D eigenvalue weighted by Crippen LogP contribution is 2.32. The van der Waals surface area contributed by atoms with Crippen LogP contribution in [0.2, 0.25) is 0 Å². The van der Waals surface area contributed by atoms with Crippen LogP contribution in [0.4, 0.5) is 5.95 Å². The molecule has 6 heteroatoms. The lowest BCUT2D eigenvalue weighted by molar-refractivity contribution is 0.295. The molecule has 2 heterocycles. The van der Waals surface area contributed by atoms with Crippen molar-refractivity contribution in [2.45, 2.75) is 26.2 Å². The summed E-state index contributed by atoms with van der Waals surface area (Å²) in [6.45, 7) is 3.50. The molecule has 2 N–H and O–H groups in total. The van der Waals surface area contributed by atoms with Gasteiger partial charge in [-0.2, -0.15) is 15.1 Å². The van der Waals surface area contributed by atoms with Crippen molar-refractivity contribution in [2.24, 2.45) is 5.92 Å². The van der Waals surface area contributed by atoms with Crippen molar-refractivity contribution in [2.75, 3.05) is 18.5 Å². The molecule has 0 atom stereocenters. The van der Waals surface area contributed by atoms with Crippen LogP contribution in [0.3, 0.4) is 0 Å². The molecule has 0 amide bonds. The number of nitrogens with zero attached hydrogens (tertiary/aromatic N) is 3. The lowest BCUT2D eigenvalue weighted by Crippen LogP contribution is -2.06. The summed E-state index contributed by atoms with van der Waals surface area (Å²) in [7, 11) is 0. The van der Waals surface area contributed by atoms with Gasteiger partial charge in [-0.1, -0.05) is 12.8 Å². The summed E-state index contributed by atoms with van der Waals surface area (Å²) in [5.41, 5.74) is 0.711. The Balaban J connectivity index is 1.79. The monoisotopic (exact) mass is 247 g/mol. The molecule has 3 rings (SSSR count). The molecule has 0 bridgehead atoms. The predicted molar refractivity (Wildman–Crippen MR) is 68.7 cm³/mol. The molecule has 0 spiro atoms. The first kappa shape index (κ1) is 11.3. The standard InChI is InChI=1S/C12H17N5O/c1-2-13-12-15-10-9(7-14-17-10)11(16-12)18-6-5-8-3-4-8/h7-8H,2-6H2,1H3,(H2,13,14,15,16,17). The van der Waals surface area contributed by atoms with Crippen LogP contribution in [-0.2, 0) is 0 Å². The third-order valence-electron chi connectivity index (χ3n) is 3.07. The van der Waals surface area contributed by atoms with E-state index in [1.165, 1.54) is 12.8 Å². The number of H-pyrrole nitrogens is 1. The second-order valence-corrected chi connectivity index (χ2v) is 4.60. The summed E-state index contributed by atoms with van der Waals surface area (Å²) in [5, 5.41) is 10.8. The van der Waals surface area contributed by atoms with Gasteiger partial charge in [-0.15, -0.1) is 0 Å². The van der Waals surface area contributed by atoms with Crippen molar-refractivity contribution in [3.05, 3.63) is 6.20 Å². The van der Waals surface area contributed by atoms with Crippen LogP contribution in [0.1, 0.15) is 26.2 Å². The summed E-state index contributed by atoms with van der Waals surface area (Å²) < 4.78 is 5.76. The van der Waals surface area contributed by atoms with Crippen LogP contribution >= 0.6 is 0 Å². The number of hydrogen-bond acceptors (Lipinski definition) is 5. The largest absolute Gasteiger partial charge is 0.477 e. The van der Waals surface area contributed by atoms with E-state index in [0.29, 0.717) is 24.1 Å². The van der Waals surface area contributed by atoms with Crippen LogP contribution in [0.5, 0.6) is 5.88 Å². The first-order valence-electron chi connectivity index (χ1n) is 6.44. The Morgan fingerprint density at radius 3 is 3.11 bits per heavy atom. The van der Waals surface area contributed by atoms with Gasteiger partial charge in [-0.05, 0) is 19.3 Å². The molecular weight excluding hydrogens is 230 g/mol. The van der Waals surface area contributed by atoms with E-state index in [9.17, 15) is 0 Å². The van der Waals surface area contributed by atoms with E-state index >= 15 is 0 Å². The Hall–Kier alpha value is -1.85. The first-order chi connectivity index (χ1) is 8.86. The lowest BCUT2D eigenvalue weighted by Gasteiger charge is -2.07. The molecule has 96 valence electrons. The maximum Gasteiger partial charge on any atom is 0.229 e. The summed E-state index contributed by atoms with van der Waals surface area (Å²) in [6, 6.07) is 0. The molecule has 1 aliphatic rings. The Morgan fingerprint density at radius 1 is 1.44 bits per heavy atom. The molecule has 1 aliphatic carbocycles. The number of nitrogens with one attached hydrogen (secondary N) is 2. The minimum atomic E-state index is 0.579. The fourth-order valence-electron chi connectivity index (χ4n) is 1.88. The third kappa shape index (κ3) is 2.37. The van der Waals surface area contributed by atoms with Gasteiger partial charge < -0.3 is 10.1 Å². The van der Waals surface area contributed by atoms with Gasteiger partial charge in [-0.3, -0.25) is 5.10 Å². The number of hydrogen-bond donors (Lipinski definition) is 2. The summed E-state index contributed by atoms with van der Waals surface area (Å²) in [6.07, 6.45) is 5.51. The molecule has 2 aromatic heterocycles. The molecule has 6 nitrogen and oxygen atoms in total. The Labute approximate surface area is 105 Å². The smallest absolute Gasteiger partial charge is 0.229 e. The van der Waals surface area contributed by atoms with Gasteiger partial charge in [0.25, 0.3) is 0 Å². The van der Waals surface area contributed by atoms with Crippen molar-refractivity contribution in [3.63, 3.8) is 0 Å². The highest BCUT2D eigenvalue weighted by atomic mass is 16.5. The van der Waals surface area contributed by atoms with Gasteiger partial charge in [0.05, 0.1) is 12.8 Å². The van der Waals surface area contributed by atoms with Gasteiger partial charge in [0.2, 0.25) is 11.8 Å². The maximum absolute atomic E-state index is 5.76. The average Bonchev–Trinajstić information content (AvgIpc) is 3.05. The Bertz CT molecular complexity index is 534. The molecular formula is C12H17N5O. The van der Waals surface area contributed by atoms with Crippen LogP contribution in [-0.4, -0.2) is 33.3 Å². The van der Waals surface area contributed by atoms with Gasteiger partial charge >= 0.3 is 0 Å². The molecule has 0 aliphatic heterocycles. The number of rotatable bonds is 6. The van der Waals surface area contributed by atoms with Gasteiger partial charge in [0.1, 0.15) is 5.39 Å². The second kappa shape index (κ2) is 4.80. The van der Waals surface area contributed by atoms with E-state index in [2.05, 4.69) is 25.5 Å². The van der Waals surface area contributed by atoms with Crippen molar-refractivity contribution >= 4 is 17.0 Å². The Kier molecular flexibility index (Phi) is 3.00. The van der Waals surface area contributed by atoms with Crippen molar-refractivity contribution in [3.8, 4) is 5.88 Å². The normalized spacial score (nSPS) is 14.9. The molecule has 18 heavy (non-hydrogen) atoms. The maximum atomic E-state index is 5.76. The third-order valence-corrected chi connectivity index (χ3v) is 3.07. The molecule has 1 fully saturated rings. The van der Waals surface area contributed by atoms with E-state index < -0.39 is 0 Å². The SMILES string of the molecule is CCNc1nc(OCCC2CC2)c2cn[nH]c2n1. The van der Waals surface area contributed by atoms with E-state index in [0.717, 1.165) is 24.3 Å². The zero-order chi connectivity index (χ0) is 12.4. The van der Waals surface area contributed by atoms with E-state index in [1.807, 2.05) is 6.92 Å². The van der Waals surface area contributed by atoms with Gasteiger partial charge in [-0.25, -0.2) is 0 Å². The second-order valence-electron chi connectivity index (χ2n) is 4.60. The number of aromatic amines is 1. The average molecular weight is 247 g/mol. The molecule has 0 aromatic carbocycles. The molecule has 2 aromatic rings. The highest BCUT2D eigenvalue weighted by Gasteiger charge is 2.21. The fraction of sp³-hybridized carbons (Fsp3) is 0.583. The summed E-state index contributed by atoms with van der Waals surface area (Å²) in [5.74, 6) is 2.06. The number of ether oxygens (including phenoxy) is 1. The lowest BCUT2D eigenvalue weighted by atomic mass is 10.3. The van der Waals surface area contributed by atoms with Crippen LogP contribution in [0, 0.1) is 5.92 Å². The fourth-order valence-corrected chi connectivity index (χ4v) is 1.88. The molecule has 0 saturated heterocycles. The quantitative estimate of drug-likeness (QED) is 0.816. The minimum Gasteiger partial charge on any atom is -0.477 e. The number of aromatic nitrogens is 4. The zero-order valence-corrected chi connectivity index (χ0v) is 10.4. The van der Waals surface area contributed by atoms with Crippen LogP contribution in [0.25, 0.3) is 11.0 Å². The first-order valence-corrected chi connectivity index (χ1v) is 6.44. The zero-order valence-electron chi connectivity index (χ0n) is 10.4. The summed E-state index contributed by atoms with van der Waals surface area (Å²) in [4.78, 5) is 8.70. The minimum absolute atomic E-state index is 0.579. The topological polar surface area (TPSA) is 75.7 Å². The van der Waals surface area contributed by atoms with E-state index in [4.69, 9.17) is 4.74 Å².